The molecule has 1 aromatic heterocycles. The minimum atomic E-state index is -3.36. The van der Waals surface area contributed by atoms with Crippen LogP contribution in [0.5, 0.6) is 0 Å². The molecular weight excluding hydrogens is 196 g/mol. The summed E-state index contributed by atoms with van der Waals surface area (Å²) in [6, 6.07) is 0. The summed E-state index contributed by atoms with van der Waals surface area (Å²) in [7, 11) is -3.36. The van der Waals surface area contributed by atoms with Gasteiger partial charge in [0, 0.05) is 6.26 Å². The molecule has 0 radical (unpaired) electrons. The van der Waals surface area contributed by atoms with E-state index in [1.165, 1.54) is 13.8 Å². The number of sulfone groups is 1. The van der Waals surface area contributed by atoms with Crippen LogP contribution in [-0.2, 0) is 14.6 Å². The third kappa shape index (κ3) is 1.64. The SMILES string of the molecule is CC(C)(c1n[nH]c(=O)o1)S(C)(=O)=O. The minimum Gasteiger partial charge on any atom is -0.391 e. The number of H-pyrrole nitrogens is 1. The fourth-order valence-electron chi connectivity index (χ4n) is 0.646. The molecule has 0 aliphatic heterocycles. The first-order chi connectivity index (χ1) is 5.75. The Morgan fingerprint density at radius 1 is 1.46 bits per heavy atom. The van der Waals surface area contributed by atoms with Crippen molar-refractivity contribution in [3.8, 4) is 0 Å². The van der Waals surface area contributed by atoms with E-state index in [-0.39, 0.29) is 5.89 Å². The van der Waals surface area contributed by atoms with E-state index < -0.39 is 20.3 Å². The third-order valence-corrected chi connectivity index (χ3v) is 3.91. The molecule has 74 valence electrons. The number of rotatable bonds is 2. The molecule has 0 aromatic carbocycles. The molecule has 0 aliphatic rings. The molecule has 0 bridgehead atoms. The zero-order valence-corrected chi connectivity index (χ0v) is 8.30. The van der Waals surface area contributed by atoms with Gasteiger partial charge in [-0.3, -0.25) is 0 Å². The summed E-state index contributed by atoms with van der Waals surface area (Å²) in [5, 5.41) is 5.48. The molecule has 1 rings (SSSR count). The summed E-state index contributed by atoms with van der Waals surface area (Å²) in [6.07, 6.45) is 1.06. The number of aromatic amines is 1. The van der Waals surface area contributed by atoms with Gasteiger partial charge in [0.1, 0.15) is 4.75 Å². The van der Waals surface area contributed by atoms with Crippen molar-refractivity contribution in [1.82, 2.24) is 10.2 Å². The lowest BCUT2D eigenvalue weighted by Crippen LogP contribution is -2.28. The van der Waals surface area contributed by atoms with Crippen molar-refractivity contribution in [2.45, 2.75) is 18.6 Å². The van der Waals surface area contributed by atoms with Gasteiger partial charge < -0.3 is 4.42 Å². The molecule has 0 saturated carbocycles. The molecule has 0 amide bonds. The lowest BCUT2D eigenvalue weighted by Gasteiger charge is -2.16. The van der Waals surface area contributed by atoms with Gasteiger partial charge in [-0.1, -0.05) is 0 Å². The average molecular weight is 206 g/mol. The number of nitrogens with one attached hydrogen (secondary N) is 1. The summed E-state index contributed by atoms with van der Waals surface area (Å²) >= 11 is 0. The second-order valence-electron chi connectivity index (χ2n) is 3.20. The van der Waals surface area contributed by atoms with Gasteiger partial charge in [-0.05, 0) is 13.8 Å². The number of hydrogen-bond acceptors (Lipinski definition) is 5. The summed E-state index contributed by atoms with van der Waals surface area (Å²) in [5.41, 5.74) is 0. The van der Waals surface area contributed by atoms with Gasteiger partial charge in [-0.15, -0.1) is 5.10 Å². The fraction of sp³-hybridized carbons (Fsp3) is 0.667. The maximum absolute atomic E-state index is 11.2. The van der Waals surface area contributed by atoms with Crippen LogP contribution >= 0.6 is 0 Å². The van der Waals surface area contributed by atoms with Crippen molar-refractivity contribution in [2.24, 2.45) is 0 Å². The predicted octanol–water partition coefficient (Wildman–Crippen LogP) is -0.357. The quantitative estimate of drug-likeness (QED) is 0.713. The van der Waals surface area contributed by atoms with Crippen LogP contribution in [0.3, 0.4) is 0 Å². The van der Waals surface area contributed by atoms with Crippen LogP contribution in [0.4, 0.5) is 0 Å². The highest BCUT2D eigenvalue weighted by molar-refractivity contribution is 7.91. The zero-order chi connectivity index (χ0) is 10.3. The van der Waals surface area contributed by atoms with Crippen molar-refractivity contribution in [2.75, 3.05) is 6.26 Å². The van der Waals surface area contributed by atoms with Crippen LogP contribution in [0.1, 0.15) is 19.7 Å². The Kier molecular flexibility index (Phi) is 2.07. The maximum Gasteiger partial charge on any atom is 0.434 e. The van der Waals surface area contributed by atoms with Gasteiger partial charge in [0.05, 0.1) is 0 Å². The summed E-state index contributed by atoms with van der Waals surface area (Å²) in [5.74, 6) is -0.883. The van der Waals surface area contributed by atoms with Gasteiger partial charge in [0.2, 0.25) is 5.89 Å². The van der Waals surface area contributed by atoms with E-state index in [2.05, 4.69) is 9.52 Å². The standard InChI is InChI=1S/C6H10N2O4S/c1-6(2,13(3,10)11)4-7-8-5(9)12-4/h1-3H3,(H,8,9). The largest absolute Gasteiger partial charge is 0.434 e. The van der Waals surface area contributed by atoms with Gasteiger partial charge in [0.25, 0.3) is 0 Å². The molecule has 0 saturated heterocycles. The van der Waals surface area contributed by atoms with Gasteiger partial charge >= 0.3 is 5.76 Å². The molecule has 1 heterocycles. The van der Waals surface area contributed by atoms with Crippen LogP contribution in [0.2, 0.25) is 0 Å². The molecule has 0 fully saturated rings. The highest BCUT2D eigenvalue weighted by atomic mass is 32.2. The van der Waals surface area contributed by atoms with Crippen molar-refractivity contribution in [3.63, 3.8) is 0 Å². The smallest absolute Gasteiger partial charge is 0.391 e. The van der Waals surface area contributed by atoms with Crippen LogP contribution in [0, 0.1) is 0 Å². The van der Waals surface area contributed by atoms with Gasteiger partial charge in [-0.25, -0.2) is 18.3 Å². The molecule has 0 spiro atoms. The Balaban J connectivity index is 3.31. The first kappa shape index (κ1) is 9.97. The fourth-order valence-corrected chi connectivity index (χ4v) is 1.05. The second kappa shape index (κ2) is 2.69. The molecule has 0 unspecified atom stereocenters. The minimum absolute atomic E-state index is 0.125. The first-order valence-electron chi connectivity index (χ1n) is 3.51. The Hall–Kier alpha value is -1.11. The summed E-state index contributed by atoms with van der Waals surface area (Å²) in [4.78, 5) is 10.6. The lowest BCUT2D eigenvalue weighted by atomic mass is 10.2. The molecule has 1 N–H and O–H groups in total. The monoisotopic (exact) mass is 206 g/mol. The molecule has 13 heavy (non-hydrogen) atoms. The van der Waals surface area contributed by atoms with Crippen molar-refractivity contribution in [3.05, 3.63) is 16.4 Å². The van der Waals surface area contributed by atoms with Crippen molar-refractivity contribution in [1.29, 1.82) is 0 Å². The number of nitrogens with zero attached hydrogens (tertiary/aromatic N) is 1. The highest BCUT2D eigenvalue weighted by Crippen LogP contribution is 2.25. The van der Waals surface area contributed by atoms with E-state index in [0.29, 0.717) is 0 Å². The van der Waals surface area contributed by atoms with E-state index in [0.717, 1.165) is 6.26 Å². The van der Waals surface area contributed by atoms with Crippen LogP contribution in [0.15, 0.2) is 9.21 Å². The van der Waals surface area contributed by atoms with E-state index in [9.17, 15) is 13.2 Å². The highest BCUT2D eigenvalue weighted by Gasteiger charge is 2.37. The molecular formula is C6H10N2O4S. The third-order valence-electron chi connectivity index (χ3n) is 1.88. The van der Waals surface area contributed by atoms with Crippen LogP contribution in [-0.4, -0.2) is 24.9 Å². The van der Waals surface area contributed by atoms with Crippen LogP contribution < -0.4 is 5.76 Å². The van der Waals surface area contributed by atoms with E-state index in [4.69, 9.17) is 0 Å². The maximum atomic E-state index is 11.2. The molecule has 7 heteroatoms. The number of aromatic nitrogens is 2. The summed E-state index contributed by atoms with van der Waals surface area (Å²) in [6.45, 7) is 2.84. The first-order valence-corrected chi connectivity index (χ1v) is 5.40. The van der Waals surface area contributed by atoms with E-state index in [1.807, 2.05) is 5.10 Å². The molecule has 0 aliphatic carbocycles. The molecule has 6 nitrogen and oxygen atoms in total. The Morgan fingerprint density at radius 2 is 2.00 bits per heavy atom. The second-order valence-corrected chi connectivity index (χ2v) is 5.77. The zero-order valence-electron chi connectivity index (χ0n) is 7.49. The average Bonchev–Trinajstić information content (AvgIpc) is 2.33. The number of hydrogen-bond donors (Lipinski definition) is 1. The molecule has 0 atom stereocenters. The molecule has 1 aromatic rings. The Labute approximate surface area is 74.9 Å². The van der Waals surface area contributed by atoms with Crippen LogP contribution in [0.25, 0.3) is 0 Å². The van der Waals surface area contributed by atoms with E-state index >= 15 is 0 Å². The lowest BCUT2D eigenvalue weighted by molar-refractivity contribution is 0.413. The van der Waals surface area contributed by atoms with Gasteiger partial charge in [0.15, 0.2) is 9.84 Å². The Morgan fingerprint density at radius 3 is 2.31 bits per heavy atom. The normalized spacial score (nSPS) is 13.2. The predicted molar refractivity (Wildman–Crippen MR) is 45.0 cm³/mol. The van der Waals surface area contributed by atoms with Crippen molar-refractivity contribution < 1.29 is 12.8 Å². The van der Waals surface area contributed by atoms with E-state index in [1.54, 1.807) is 0 Å². The van der Waals surface area contributed by atoms with Crippen molar-refractivity contribution >= 4 is 9.84 Å². The topological polar surface area (TPSA) is 93.0 Å². The summed E-state index contributed by atoms with van der Waals surface area (Å²) < 4.78 is 25.8. The van der Waals surface area contributed by atoms with Gasteiger partial charge in [-0.2, -0.15) is 0 Å². The Bertz CT molecular complexity index is 453.